The Morgan fingerprint density at radius 3 is 2.60 bits per heavy atom. The summed E-state index contributed by atoms with van der Waals surface area (Å²) >= 11 is 0. The molecule has 1 aromatic rings. The number of methoxy groups -OCH3 is 1. The third kappa shape index (κ3) is 3.24. The van der Waals surface area contributed by atoms with Crippen LogP contribution in [-0.4, -0.2) is 24.2 Å². The second-order valence-corrected chi connectivity index (χ2v) is 6.27. The van der Waals surface area contributed by atoms with Gasteiger partial charge >= 0.3 is 0 Å². The Morgan fingerprint density at radius 2 is 2.00 bits per heavy atom. The molecule has 20 heavy (non-hydrogen) atoms. The van der Waals surface area contributed by atoms with Crippen LogP contribution < -0.4 is 10.1 Å². The van der Waals surface area contributed by atoms with Crippen LogP contribution in [0.1, 0.15) is 49.9 Å². The van der Waals surface area contributed by atoms with Gasteiger partial charge in [-0.1, -0.05) is 19.9 Å². The summed E-state index contributed by atoms with van der Waals surface area (Å²) in [5, 5.41) is 13.0. The van der Waals surface area contributed by atoms with Crippen LogP contribution in [0.15, 0.2) is 18.2 Å². The zero-order valence-electron chi connectivity index (χ0n) is 12.4. The molecule has 2 N–H and O–H groups in total. The number of phenolic OH excluding ortho intramolecular Hbond substituents is 1. The van der Waals surface area contributed by atoms with Crippen LogP contribution in [0.25, 0.3) is 0 Å². The van der Waals surface area contributed by atoms with E-state index < -0.39 is 0 Å². The minimum Gasteiger partial charge on any atom is -0.504 e. The Morgan fingerprint density at radius 1 is 1.35 bits per heavy atom. The number of nitrogens with one attached hydrogen (secondary N) is 1. The molecule has 0 spiro atoms. The Bertz CT molecular complexity index is 486. The number of para-hydroxylation sites is 1. The zero-order valence-corrected chi connectivity index (χ0v) is 12.4. The van der Waals surface area contributed by atoms with Gasteiger partial charge in [0.25, 0.3) is 5.91 Å². The number of phenols is 1. The van der Waals surface area contributed by atoms with Crippen LogP contribution in [0.5, 0.6) is 11.5 Å². The van der Waals surface area contributed by atoms with Crippen molar-refractivity contribution < 1.29 is 14.6 Å². The summed E-state index contributed by atoms with van der Waals surface area (Å²) in [4.78, 5) is 12.2. The fourth-order valence-electron chi connectivity index (χ4n) is 2.68. The summed E-state index contributed by atoms with van der Waals surface area (Å²) in [5.74, 6) is -0.00262. The maximum atomic E-state index is 12.2. The lowest BCUT2D eigenvalue weighted by Gasteiger charge is -2.34. The average molecular weight is 277 g/mol. The summed E-state index contributed by atoms with van der Waals surface area (Å²) in [6.45, 7) is 4.53. The quantitative estimate of drug-likeness (QED) is 0.892. The third-order valence-corrected chi connectivity index (χ3v) is 4.14. The highest BCUT2D eigenvalue weighted by Gasteiger charge is 2.28. The van der Waals surface area contributed by atoms with Gasteiger partial charge in [-0.15, -0.1) is 0 Å². The average Bonchev–Trinajstić information content (AvgIpc) is 2.41. The molecule has 0 heterocycles. The maximum absolute atomic E-state index is 12.2. The second-order valence-electron chi connectivity index (χ2n) is 6.27. The third-order valence-electron chi connectivity index (χ3n) is 4.14. The lowest BCUT2D eigenvalue weighted by Crippen LogP contribution is -2.39. The molecule has 0 radical (unpaired) electrons. The fourth-order valence-corrected chi connectivity index (χ4v) is 2.68. The van der Waals surface area contributed by atoms with Gasteiger partial charge in [-0.25, -0.2) is 0 Å². The van der Waals surface area contributed by atoms with E-state index in [0.717, 1.165) is 25.7 Å². The van der Waals surface area contributed by atoms with E-state index in [9.17, 15) is 9.90 Å². The summed E-state index contributed by atoms with van der Waals surface area (Å²) in [6, 6.07) is 5.15. The molecular weight excluding hydrogens is 254 g/mol. The van der Waals surface area contributed by atoms with Crippen molar-refractivity contribution in [2.24, 2.45) is 5.41 Å². The number of carbonyl (C=O) groups is 1. The van der Waals surface area contributed by atoms with Crippen molar-refractivity contribution in [2.75, 3.05) is 7.11 Å². The predicted octanol–water partition coefficient (Wildman–Crippen LogP) is 3.10. The SMILES string of the molecule is COc1cccc(C(=O)NC2CCC(C)(C)CC2)c1O. The molecule has 0 bridgehead atoms. The minimum atomic E-state index is -0.230. The molecule has 0 aliphatic heterocycles. The van der Waals surface area contributed by atoms with Crippen molar-refractivity contribution in [3.63, 3.8) is 0 Å². The number of carbonyl (C=O) groups excluding carboxylic acids is 1. The number of hydrogen-bond donors (Lipinski definition) is 2. The van der Waals surface area contributed by atoms with Crippen LogP contribution in [-0.2, 0) is 0 Å². The van der Waals surface area contributed by atoms with Crippen LogP contribution in [0, 0.1) is 5.41 Å². The summed E-state index contributed by atoms with van der Waals surface area (Å²) in [5.41, 5.74) is 0.647. The van der Waals surface area contributed by atoms with Gasteiger partial charge in [-0.3, -0.25) is 4.79 Å². The van der Waals surface area contributed by atoms with E-state index in [0.29, 0.717) is 11.2 Å². The van der Waals surface area contributed by atoms with Gasteiger partial charge in [0.05, 0.1) is 12.7 Å². The molecule has 1 saturated carbocycles. The van der Waals surface area contributed by atoms with E-state index in [1.807, 2.05) is 0 Å². The van der Waals surface area contributed by atoms with Gasteiger partial charge < -0.3 is 15.2 Å². The van der Waals surface area contributed by atoms with Gasteiger partial charge in [0.15, 0.2) is 11.5 Å². The lowest BCUT2D eigenvalue weighted by molar-refractivity contribution is 0.0905. The lowest BCUT2D eigenvalue weighted by atomic mass is 9.75. The zero-order chi connectivity index (χ0) is 14.8. The van der Waals surface area contributed by atoms with E-state index in [1.165, 1.54) is 7.11 Å². The first-order valence-electron chi connectivity index (χ1n) is 7.10. The van der Waals surface area contributed by atoms with Crippen molar-refractivity contribution in [1.82, 2.24) is 5.32 Å². The molecule has 1 fully saturated rings. The number of benzene rings is 1. The first kappa shape index (κ1) is 14.7. The Kier molecular flexibility index (Phi) is 4.21. The van der Waals surface area contributed by atoms with Crippen LogP contribution in [0.4, 0.5) is 0 Å². The Hall–Kier alpha value is -1.71. The van der Waals surface area contributed by atoms with Crippen LogP contribution in [0.2, 0.25) is 0 Å². The second kappa shape index (κ2) is 5.73. The van der Waals surface area contributed by atoms with E-state index in [2.05, 4.69) is 19.2 Å². The van der Waals surface area contributed by atoms with Crippen LogP contribution >= 0.6 is 0 Å². The minimum absolute atomic E-state index is 0.0939. The molecule has 1 amide bonds. The maximum Gasteiger partial charge on any atom is 0.255 e. The van der Waals surface area contributed by atoms with E-state index in [1.54, 1.807) is 18.2 Å². The smallest absolute Gasteiger partial charge is 0.255 e. The van der Waals surface area contributed by atoms with E-state index in [-0.39, 0.29) is 23.3 Å². The molecule has 4 heteroatoms. The highest BCUT2D eigenvalue weighted by atomic mass is 16.5. The number of amides is 1. The van der Waals surface area contributed by atoms with Crippen molar-refractivity contribution in [3.8, 4) is 11.5 Å². The molecular formula is C16H23NO3. The van der Waals surface area contributed by atoms with Gasteiger partial charge in [-0.2, -0.15) is 0 Å². The van der Waals surface area contributed by atoms with Crippen LogP contribution in [0.3, 0.4) is 0 Å². The molecule has 0 aromatic heterocycles. The van der Waals surface area contributed by atoms with E-state index in [4.69, 9.17) is 4.74 Å². The molecule has 1 aliphatic carbocycles. The Balaban J connectivity index is 2.03. The van der Waals surface area contributed by atoms with E-state index >= 15 is 0 Å². The largest absolute Gasteiger partial charge is 0.504 e. The monoisotopic (exact) mass is 277 g/mol. The Labute approximate surface area is 120 Å². The number of rotatable bonds is 3. The first-order chi connectivity index (χ1) is 9.43. The fraction of sp³-hybridized carbons (Fsp3) is 0.562. The first-order valence-corrected chi connectivity index (χ1v) is 7.10. The molecule has 0 atom stereocenters. The molecule has 1 aliphatic rings. The summed E-state index contributed by atoms with van der Waals surface area (Å²) < 4.78 is 5.02. The highest BCUT2D eigenvalue weighted by Crippen LogP contribution is 2.35. The molecule has 4 nitrogen and oxygen atoms in total. The van der Waals surface area contributed by atoms with Gasteiger partial charge in [-0.05, 0) is 43.2 Å². The normalized spacial score (nSPS) is 18.6. The number of aromatic hydroxyl groups is 1. The van der Waals surface area contributed by atoms with Crippen molar-refractivity contribution >= 4 is 5.91 Å². The molecule has 2 rings (SSSR count). The molecule has 1 aromatic carbocycles. The number of hydrogen-bond acceptors (Lipinski definition) is 3. The highest BCUT2D eigenvalue weighted by molar-refractivity contribution is 5.97. The summed E-state index contributed by atoms with van der Waals surface area (Å²) in [7, 11) is 1.47. The topological polar surface area (TPSA) is 58.6 Å². The van der Waals surface area contributed by atoms with Crippen molar-refractivity contribution in [2.45, 2.75) is 45.6 Å². The standard InChI is InChI=1S/C16H23NO3/c1-16(2)9-7-11(8-10-16)17-15(19)12-5-4-6-13(20-3)14(12)18/h4-6,11,18H,7-10H2,1-3H3,(H,17,19). The van der Waals surface area contributed by atoms with Gasteiger partial charge in [0, 0.05) is 6.04 Å². The van der Waals surface area contributed by atoms with Gasteiger partial charge in [0.1, 0.15) is 0 Å². The summed E-state index contributed by atoms with van der Waals surface area (Å²) in [6.07, 6.45) is 4.21. The molecule has 0 saturated heterocycles. The van der Waals surface area contributed by atoms with Crippen molar-refractivity contribution in [3.05, 3.63) is 23.8 Å². The molecule has 110 valence electrons. The predicted molar refractivity (Wildman–Crippen MR) is 78.2 cm³/mol. The molecule has 0 unspecified atom stereocenters. The van der Waals surface area contributed by atoms with Crippen molar-refractivity contribution in [1.29, 1.82) is 0 Å². The van der Waals surface area contributed by atoms with Gasteiger partial charge in [0.2, 0.25) is 0 Å². The number of ether oxygens (including phenoxy) is 1.